The molecule has 4 heteroatoms. The number of hydrogen-bond donors (Lipinski definition) is 1. The van der Waals surface area contributed by atoms with Gasteiger partial charge in [0.1, 0.15) is 18.2 Å². The first-order chi connectivity index (χ1) is 9.49. The number of halogens is 2. The number of ether oxygens (including phenoxy) is 1. The van der Waals surface area contributed by atoms with Crippen LogP contribution in [0.2, 0.25) is 5.02 Å². The minimum Gasteiger partial charge on any atom is -0.489 e. The largest absolute Gasteiger partial charge is 0.489 e. The van der Waals surface area contributed by atoms with Crippen LogP contribution >= 0.6 is 11.6 Å². The first-order valence-corrected chi connectivity index (χ1v) is 6.71. The van der Waals surface area contributed by atoms with Crippen LogP contribution in [0.3, 0.4) is 0 Å². The lowest BCUT2D eigenvalue weighted by Crippen LogP contribution is -2.01. The molecule has 0 aromatic heterocycles. The highest BCUT2D eigenvalue weighted by Gasteiger charge is 2.09. The van der Waals surface area contributed by atoms with Gasteiger partial charge in [-0.25, -0.2) is 4.39 Å². The minimum absolute atomic E-state index is 0.0901. The summed E-state index contributed by atoms with van der Waals surface area (Å²) in [6, 6.07) is 10.3. The summed E-state index contributed by atoms with van der Waals surface area (Å²) in [5, 5.41) is 9.60. The van der Waals surface area contributed by atoms with Crippen LogP contribution in [0.15, 0.2) is 36.4 Å². The Bertz CT molecular complexity index is 611. The highest BCUT2D eigenvalue weighted by molar-refractivity contribution is 6.30. The second kappa shape index (κ2) is 6.25. The summed E-state index contributed by atoms with van der Waals surface area (Å²) in [5.41, 5.74) is 2.13. The normalized spacial score (nSPS) is 12.2. The lowest BCUT2D eigenvalue weighted by molar-refractivity contribution is 0.199. The van der Waals surface area contributed by atoms with Crippen LogP contribution in [-0.2, 0) is 6.61 Å². The molecule has 106 valence electrons. The molecule has 0 bridgehead atoms. The van der Waals surface area contributed by atoms with Gasteiger partial charge in [0.15, 0.2) is 0 Å². The molecule has 1 N–H and O–H groups in total. The summed E-state index contributed by atoms with van der Waals surface area (Å²) in [7, 11) is 0. The minimum atomic E-state index is -0.520. The fraction of sp³-hybridized carbons (Fsp3) is 0.250. The van der Waals surface area contributed by atoms with Crippen molar-refractivity contribution in [2.45, 2.75) is 26.6 Å². The zero-order valence-corrected chi connectivity index (χ0v) is 12.1. The average molecular weight is 295 g/mol. The maximum absolute atomic E-state index is 13.7. The van der Waals surface area contributed by atoms with Crippen molar-refractivity contribution in [1.29, 1.82) is 0 Å². The van der Waals surface area contributed by atoms with E-state index in [2.05, 4.69) is 0 Å². The number of rotatable bonds is 4. The fourth-order valence-electron chi connectivity index (χ4n) is 1.91. The lowest BCUT2D eigenvalue weighted by Gasteiger charge is -2.12. The Morgan fingerprint density at radius 3 is 2.70 bits per heavy atom. The van der Waals surface area contributed by atoms with Gasteiger partial charge in [-0.1, -0.05) is 29.8 Å². The Hall–Kier alpha value is -1.58. The molecule has 1 atom stereocenters. The van der Waals surface area contributed by atoms with E-state index in [1.165, 1.54) is 6.07 Å². The average Bonchev–Trinajstić information content (AvgIpc) is 2.41. The van der Waals surface area contributed by atoms with E-state index in [9.17, 15) is 9.50 Å². The van der Waals surface area contributed by atoms with Gasteiger partial charge in [-0.05, 0) is 43.2 Å². The van der Waals surface area contributed by atoms with Crippen molar-refractivity contribution in [2.75, 3.05) is 0 Å². The van der Waals surface area contributed by atoms with Crippen LogP contribution in [0.1, 0.15) is 29.7 Å². The molecule has 0 spiro atoms. The van der Waals surface area contributed by atoms with Gasteiger partial charge >= 0.3 is 0 Å². The molecule has 1 unspecified atom stereocenters. The van der Waals surface area contributed by atoms with E-state index in [1.807, 2.05) is 13.0 Å². The predicted molar refractivity (Wildman–Crippen MR) is 77.6 cm³/mol. The fourth-order valence-corrected chi connectivity index (χ4v) is 2.10. The van der Waals surface area contributed by atoms with Gasteiger partial charge < -0.3 is 9.84 Å². The first-order valence-electron chi connectivity index (χ1n) is 6.33. The molecular formula is C16H16ClFO2. The molecule has 0 aliphatic rings. The molecular weight excluding hydrogens is 279 g/mol. The van der Waals surface area contributed by atoms with Crippen LogP contribution < -0.4 is 4.74 Å². The molecule has 2 nitrogen and oxygen atoms in total. The number of aliphatic hydroxyl groups is 1. The van der Waals surface area contributed by atoms with Crippen LogP contribution in [0.5, 0.6) is 5.75 Å². The zero-order valence-electron chi connectivity index (χ0n) is 11.4. The van der Waals surface area contributed by atoms with Crippen molar-refractivity contribution in [3.63, 3.8) is 0 Å². The lowest BCUT2D eigenvalue weighted by atomic mass is 10.1. The summed E-state index contributed by atoms with van der Waals surface area (Å²) in [4.78, 5) is 0. The molecule has 2 aromatic rings. The van der Waals surface area contributed by atoms with Crippen LogP contribution in [-0.4, -0.2) is 5.11 Å². The summed E-state index contributed by atoms with van der Waals surface area (Å²) in [6.07, 6.45) is -0.520. The Morgan fingerprint density at radius 1 is 1.30 bits per heavy atom. The Labute approximate surface area is 122 Å². The van der Waals surface area contributed by atoms with Gasteiger partial charge in [-0.15, -0.1) is 0 Å². The standard InChI is InChI=1S/C16H16ClFO2/c1-10-8-12(11(2)19)6-7-15(10)20-9-13-4-3-5-14(17)16(13)18/h3-8,11,19H,9H2,1-2H3. The van der Waals surface area contributed by atoms with E-state index >= 15 is 0 Å². The van der Waals surface area contributed by atoms with Crippen molar-refractivity contribution in [2.24, 2.45) is 0 Å². The molecule has 0 saturated carbocycles. The Kier molecular flexibility index (Phi) is 4.63. The van der Waals surface area contributed by atoms with E-state index in [-0.39, 0.29) is 11.6 Å². The summed E-state index contributed by atoms with van der Waals surface area (Å²) < 4.78 is 19.3. The number of hydrogen-bond acceptors (Lipinski definition) is 2. The van der Waals surface area contributed by atoms with Crippen LogP contribution in [0.4, 0.5) is 4.39 Å². The molecule has 0 aliphatic heterocycles. The molecule has 2 rings (SSSR count). The topological polar surface area (TPSA) is 29.5 Å². The molecule has 20 heavy (non-hydrogen) atoms. The molecule has 0 heterocycles. The Balaban J connectivity index is 2.13. The third-order valence-electron chi connectivity index (χ3n) is 3.10. The SMILES string of the molecule is Cc1cc(C(C)O)ccc1OCc1cccc(Cl)c1F. The number of aliphatic hydroxyl groups excluding tert-OH is 1. The highest BCUT2D eigenvalue weighted by Crippen LogP contribution is 2.25. The van der Waals surface area contributed by atoms with Gasteiger partial charge in [-0.3, -0.25) is 0 Å². The van der Waals surface area contributed by atoms with Crippen LogP contribution in [0, 0.1) is 12.7 Å². The quantitative estimate of drug-likeness (QED) is 0.904. The molecule has 0 saturated heterocycles. The van der Waals surface area contributed by atoms with E-state index in [0.717, 1.165) is 11.1 Å². The van der Waals surface area contributed by atoms with E-state index in [0.29, 0.717) is 11.3 Å². The summed E-state index contributed by atoms with van der Waals surface area (Å²) >= 11 is 5.72. The van der Waals surface area contributed by atoms with E-state index in [1.54, 1.807) is 31.2 Å². The summed E-state index contributed by atoms with van der Waals surface area (Å²) in [6.45, 7) is 3.70. The summed E-state index contributed by atoms with van der Waals surface area (Å²) in [5.74, 6) is 0.209. The molecule has 0 amide bonds. The predicted octanol–water partition coefficient (Wildman–Crippen LogP) is 4.42. The molecule has 2 aromatic carbocycles. The van der Waals surface area contributed by atoms with Gasteiger partial charge in [0.2, 0.25) is 0 Å². The highest BCUT2D eigenvalue weighted by atomic mass is 35.5. The van der Waals surface area contributed by atoms with Gasteiger partial charge in [-0.2, -0.15) is 0 Å². The van der Waals surface area contributed by atoms with Gasteiger partial charge in [0, 0.05) is 5.56 Å². The third-order valence-corrected chi connectivity index (χ3v) is 3.39. The number of benzene rings is 2. The smallest absolute Gasteiger partial charge is 0.148 e. The van der Waals surface area contributed by atoms with Crippen molar-refractivity contribution in [3.05, 3.63) is 63.9 Å². The first kappa shape index (κ1) is 14.8. The molecule has 0 radical (unpaired) electrons. The maximum atomic E-state index is 13.7. The monoisotopic (exact) mass is 294 g/mol. The second-order valence-electron chi connectivity index (χ2n) is 4.70. The van der Waals surface area contributed by atoms with E-state index < -0.39 is 11.9 Å². The molecule has 0 aliphatic carbocycles. The van der Waals surface area contributed by atoms with Crippen molar-refractivity contribution in [3.8, 4) is 5.75 Å². The van der Waals surface area contributed by atoms with Gasteiger partial charge in [0.05, 0.1) is 11.1 Å². The maximum Gasteiger partial charge on any atom is 0.148 e. The third kappa shape index (κ3) is 3.30. The van der Waals surface area contributed by atoms with E-state index in [4.69, 9.17) is 16.3 Å². The second-order valence-corrected chi connectivity index (χ2v) is 5.11. The Morgan fingerprint density at radius 2 is 2.05 bits per heavy atom. The zero-order chi connectivity index (χ0) is 14.7. The van der Waals surface area contributed by atoms with Crippen molar-refractivity contribution in [1.82, 2.24) is 0 Å². The molecule has 0 fully saturated rings. The van der Waals surface area contributed by atoms with Crippen molar-refractivity contribution >= 4 is 11.6 Å². The van der Waals surface area contributed by atoms with Crippen molar-refractivity contribution < 1.29 is 14.2 Å². The van der Waals surface area contributed by atoms with Gasteiger partial charge in [0.25, 0.3) is 0 Å². The van der Waals surface area contributed by atoms with Crippen LogP contribution in [0.25, 0.3) is 0 Å². The number of aryl methyl sites for hydroxylation is 1.